The minimum atomic E-state index is -0.754. The average Bonchev–Trinajstić information content (AvgIpc) is 2.37. The van der Waals surface area contributed by atoms with E-state index in [9.17, 15) is 0 Å². The monoisotopic (exact) mass is 246 g/mol. The fourth-order valence-electron chi connectivity index (χ4n) is 1.98. The van der Waals surface area contributed by atoms with Gasteiger partial charge in [-0.1, -0.05) is 24.3 Å². The summed E-state index contributed by atoms with van der Waals surface area (Å²) in [7, 11) is 3.25. The van der Waals surface area contributed by atoms with E-state index in [1.54, 1.807) is 20.3 Å². The normalized spacial score (nSPS) is 17.2. The minimum Gasteiger partial charge on any atom is -0.493 e. The van der Waals surface area contributed by atoms with Gasteiger partial charge in [0.2, 0.25) is 0 Å². The Hall–Kier alpha value is -1.78. The van der Waals surface area contributed by atoms with Crippen LogP contribution in [0.25, 0.3) is 5.57 Å². The maximum Gasteiger partial charge on any atom is 0.168 e. The number of ether oxygens (including phenoxy) is 2. The first-order chi connectivity index (χ1) is 8.57. The molecule has 4 nitrogen and oxygen atoms in total. The van der Waals surface area contributed by atoms with Crippen molar-refractivity contribution in [2.45, 2.75) is 12.1 Å². The molecular formula is C14H18N2O2. The van der Waals surface area contributed by atoms with Gasteiger partial charge in [0.25, 0.3) is 0 Å². The second-order valence-electron chi connectivity index (χ2n) is 4.35. The van der Waals surface area contributed by atoms with Crippen LogP contribution in [0.15, 0.2) is 36.4 Å². The van der Waals surface area contributed by atoms with Gasteiger partial charge in [0, 0.05) is 12.0 Å². The van der Waals surface area contributed by atoms with Crippen LogP contribution in [-0.4, -0.2) is 19.9 Å². The Kier molecular flexibility index (Phi) is 3.41. The number of nitrogens with two attached hydrogens (primary N) is 2. The van der Waals surface area contributed by atoms with Crippen LogP contribution in [0, 0.1) is 0 Å². The zero-order valence-corrected chi connectivity index (χ0v) is 10.6. The lowest BCUT2D eigenvalue weighted by Gasteiger charge is -2.23. The number of hydrogen-bond acceptors (Lipinski definition) is 4. The van der Waals surface area contributed by atoms with Crippen molar-refractivity contribution in [2.75, 3.05) is 14.2 Å². The highest BCUT2D eigenvalue weighted by molar-refractivity contribution is 5.80. The van der Waals surface area contributed by atoms with Crippen molar-refractivity contribution in [3.05, 3.63) is 42.0 Å². The summed E-state index contributed by atoms with van der Waals surface area (Å²) in [5.74, 6) is 1.43. The lowest BCUT2D eigenvalue weighted by Crippen LogP contribution is -2.47. The van der Waals surface area contributed by atoms with Crippen LogP contribution in [0.1, 0.15) is 12.0 Å². The third-order valence-corrected chi connectivity index (χ3v) is 2.96. The molecular weight excluding hydrogens is 228 g/mol. The molecule has 0 heterocycles. The third kappa shape index (κ3) is 2.39. The maximum atomic E-state index is 5.84. The first-order valence-electron chi connectivity index (χ1n) is 5.76. The first kappa shape index (κ1) is 12.7. The lowest BCUT2D eigenvalue weighted by molar-refractivity contribution is 0.354. The van der Waals surface area contributed by atoms with Crippen LogP contribution in [0.4, 0.5) is 0 Å². The van der Waals surface area contributed by atoms with Gasteiger partial charge >= 0.3 is 0 Å². The van der Waals surface area contributed by atoms with Gasteiger partial charge in [-0.3, -0.25) is 0 Å². The van der Waals surface area contributed by atoms with Crippen molar-refractivity contribution in [1.29, 1.82) is 0 Å². The Morgan fingerprint density at radius 3 is 2.50 bits per heavy atom. The number of benzene rings is 1. The molecule has 0 radical (unpaired) electrons. The number of allylic oxidation sites excluding steroid dienone is 2. The van der Waals surface area contributed by atoms with Gasteiger partial charge in [-0.25, -0.2) is 0 Å². The molecule has 0 spiro atoms. The van der Waals surface area contributed by atoms with Crippen molar-refractivity contribution in [3.63, 3.8) is 0 Å². The summed E-state index contributed by atoms with van der Waals surface area (Å²) in [6.07, 6.45) is 6.33. The Morgan fingerprint density at radius 1 is 1.17 bits per heavy atom. The first-order valence-corrected chi connectivity index (χ1v) is 5.76. The molecule has 2 rings (SSSR count). The van der Waals surface area contributed by atoms with Crippen molar-refractivity contribution in [2.24, 2.45) is 11.5 Å². The quantitative estimate of drug-likeness (QED) is 0.796. The van der Waals surface area contributed by atoms with E-state index in [2.05, 4.69) is 0 Å². The van der Waals surface area contributed by atoms with Crippen LogP contribution in [-0.2, 0) is 0 Å². The minimum absolute atomic E-state index is 0.596. The average molecular weight is 246 g/mol. The Labute approximate surface area is 107 Å². The van der Waals surface area contributed by atoms with Gasteiger partial charge in [-0.2, -0.15) is 0 Å². The van der Waals surface area contributed by atoms with Crippen LogP contribution in [0.3, 0.4) is 0 Å². The standard InChI is InChI=1S/C14H18N2O2/c1-17-12-5-3-4-11(13(12)18-2)10-6-8-14(15,16)9-7-10/h3-8H,9,15-16H2,1-2H3. The van der Waals surface area contributed by atoms with Crippen LogP contribution in [0.2, 0.25) is 0 Å². The SMILES string of the molecule is COc1cccc(C2=CCC(N)(N)C=C2)c1OC. The highest BCUT2D eigenvalue weighted by Gasteiger charge is 2.20. The fraction of sp³-hybridized carbons (Fsp3) is 0.286. The van der Waals surface area contributed by atoms with Gasteiger partial charge in [-0.05, 0) is 17.7 Å². The number of rotatable bonds is 3. The molecule has 0 saturated carbocycles. The van der Waals surface area contributed by atoms with Crippen LogP contribution < -0.4 is 20.9 Å². The summed E-state index contributed by atoms with van der Waals surface area (Å²) in [6.45, 7) is 0. The zero-order chi connectivity index (χ0) is 13.2. The summed E-state index contributed by atoms with van der Waals surface area (Å²) in [5.41, 5.74) is 12.9. The van der Waals surface area contributed by atoms with Gasteiger partial charge in [0.15, 0.2) is 11.5 Å². The largest absolute Gasteiger partial charge is 0.493 e. The second-order valence-corrected chi connectivity index (χ2v) is 4.35. The second kappa shape index (κ2) is 4.84. The van der Waals surface area contributed by atoms with E-state index in [-0.39, 0.29) is 0 Å². The van der Waals surface area contributed by atoms with E-state index < -0.39 is 5.66 Å². The predicted octanol–water partition coefficient (Wildman–Crippen LogP) is 1.66. The molecule has 0 unspecified atom stereocenters. The van der Waals surface area contributed by atoms with E-state index in [4.69, 9.17) is 20.9 Å². The molecule has 1 aromatic rings. The topological polar surface area (TPSA) is 70.5 Å². The summed E-state index contributed by atoms with van der Waals surface area (Å²) in [6, 6.07) is 5.78. The summed E-state index contributed by atoms with van der Waals surface area (Å²) in [4.78, 5) is 0. The third-order valence-electron chi connectivity index (χ3n) is 2.96. The summed E-state index contributed by atoms with van der Waals surface area (Å²) >= 11 is 0. The highest BCUT2D eigenvalue weighted by Crippen LogP contribution is 2.37. The molecule has 18 heavy (non-hydrogen) atoms. The van der Waals surface area contributed by atoms with Crippen molar-refractivity contribution in [3.8, 4) is 11.5 Å². The van der Waals surface area contributed by atoms with Crippen LogP contribution >= 0.6 is 0 Å². The predicted molar refractivity (Wildman–Crippen MR) is 72.4 cm³/mol. The molecule has 0 saturated heterocycles. The Morgan fingerprint density at radius 2 is 1.94 bits per heavy atom. The molecule has 0 fully saturated rings. The smallest absolute Gasteiger partial charge is 0.168 e. The summed E-state index contributed by atoms with van der Waals surface area (Å²) in [5, 5.41) is 0. The number of hydrogen-bond donors (Lipinski definition) is 2. The fourth-order valence-corrected chi connectivity index (χ4v) is 1.98. The maximum absolute atomic E-state index is 5.84. The van der Waals surface area contributed by atoms with Crippen LogP contribution in [0.5, 0.6) is 11.5 Å². The van der Waals surface area contributed by atoms with E-state index in [1.807, 2.05) is 30.4 Å². The Bertz CT molecular complexity index is 505. The molecule has 4 heteroatoms. The molecule has 1 aromatic carbocycles. The molecule has 0 bridgehead atoms. The van der Waals surface area contributed by atoms with E-state index in [0.29, 0.717) is 12.2 Å². The van der Waals surface area contributed by atoms with E-state index >= 15 is 0 Å². The molecule has 0 aliphatic heterocycles. The molecule has 1 aliphatic carbocycles. The van der Waals surface area contributed by atoms with Crippen molar-refractivity contribution >= 4 is 5.57 Å². The highest BCUT2D eigenvalue weighted by atomic mass is 16.5. The Balaban J connectivity index is 2.41. The molecule has 0 atom stereocenters. The van der Waals surface area contributed by atoms with Gasteiger partial charge in [0.1, 0.15) is 0 Å². The molecule has 0 amide bonds. The summed E-state index contributed by atoms with van der Waals surface area (Å²) < 4.78 is 10.7. The zero-order valence-electron chi connectivity index (χ0n) is 10.6. The van der Waals surface area contributed by atoms with Gasteiger partial charge in [-0.15, -0.1) is 0 Å². The van der Waals surface area contributed by atoms with Gasteiger partial charge in [0.05, 0.1) is 19.9 Å². The van der Waals surface area contributed by atoms with Crippen molar-refractivity contribution < 1.29 is 9.47 Å². The molecule has 4 N–H and O–H groups in total. The van der Waals surface area contributed by atoms with Gasteiger partial charge < -0.3 is 20.9 Å². The molecule has 1 aliphatic rings. The van der Waals surface area contributed by atoms with E-state index in [0.717, 1.165) is 16.9 Å². The molecule has 96 valence electrons. The lowest BCUT2D eigenvalue weighted by atomic mass is 9.93. The number of para-hydroxylation sites is 1. The molecule has 0 aromatic heterocycles. The number of methoxy groups -OCH3 is 2. The van der Waals surface area contributed by atoms with Crippen molar-refractivity contribution in [1.82, 2.24) is 0 Å². The van der Waals surface area contributed by atoms with E-state index in [1.165, 1.54) is 0 Å².